The fourth-order valence-corrected chi connectivity index (χ4v) is 1.80. The fourth-order valence-electron chi connectivity index (χ4n) is 1.68. The number of hydrogen-bond acceptors (Lipinski definition) is 2. The zero-order chi connectivity index (χ0) is 14.9. The highest BCUT2D eigenvalue weighted by Crippen LogP contribution is 2.30. The molecule has 0 fully saturated rings. The van der Waals surface area contributed by atoms with Gasteiger partial charge in [0.05, 0.1) is 10.6 Å². The van der Waals surface area contributed by atoms with Crippen LogP contribution in [-0.2, 0) is 0 Å². The first-order valence-corrected chi connectivity index (χ1v) is 6.20. The molecule has 0 amide bonds. The molecule has 2 aromatic carbocycles. The van der Waals surface area contributed by atoms with Crippen molar-refractivity contribution in [1.82, 2.24) is 0 Å². The van der Waals surface area contributed by atoms with E-state index in [-0.39, 0.29) is 27.9 Å². The highest BCUT2D eigenvalue weighted by Gasteiger charge is 2.14. The molecular weight excluding hydrogens is 286 g/mol. The van der Waals surface area contributed by atoms with E-state index in [1.807, 2.05) is 0 Å². The van der Waals surface area contributed by atoms with Gasteiger partial charge in [0.2, 0.25) is 0 Å². The van der Waals surface area contributed by atoms with Crippen LogP contribution in [0.25, 0.3) is 0 Å². The topological polar surface area (TPSA) is 26.3 Å². The molecule has 0 aliphatic rings. The smallest absolute Gasteiger partial charge is 0.163 e. The van der Waals surface area contributed by atoms with Gasteiger partial charge in [0.1, 0.15) is 23.1 Å². The van der Waals surface area contributed by atoms with Gasteiger partial charge in [-0.25, -0.2) is 8.78 Å². The van der Waals surface area contributed by atoms with E-state index >= 15 is 0 Å². The van der Waals surface area contributed by atoms with E-state index in [4.69, 9.17) is 16.3 Å². The number of hydrogen-bond donors (Lipinski definition) is 0. The van der Waals surface area contributed by atoms with Gasteiger partial charge in [0, 0.05) is 6.07 Å². The molecule has 5 heteroatoms. The summed E-state index contributed by atoms with van der Waals surface area (Å²) in [6.07, 6.45) is 0. The van der Waals surface area contributed by atoms with E-state index in [0.29, 0.717) is 5.56 Å². The lowest BCUT2D eigenvalue weighted by Crippen LogP contribution is -2.00. The average molecular weight is 297 g/mol. The minimum atomic E-state index is -0.632. The molecule has 20 heavy (non-hydrogen) atoms. The third-order valence-corrected chi connectivity index (χ3v) is 3.07. The van der Waals surface area contributed by atoms with E-state index < -0.39 is 11.6 Å². The Morgan fingerprint density at radius 3 is 2.45 bits per heavy atom. The molecule has 0 saturated heterocycles. The van der Waals surface area contributed by atoms with Crippen LogP contribution in [0.2, 0.25) is 5.02 Å². The number of Topliss-reactive ketones (excluding diaryl/α,β-unsaturated/α-hetero) is 1. The Morgan fingerprint density at radius 1 is 1.15 bits per heavy atom. The minimum absolute atomic E-state index is 0.0283. The number of aryl methyl sites for hydroxylation is 1. The standard InChI is InChI=1S/C15H11ClF2O2/c1-8-5-15(11(9(2)19)7-13(8)17)20-10-3-4-12(16)14(18)6-10/h3-7H,1-2H3. The lowest BCUT2D eigenvalue weighted by Gasteiger charge is -2.11. The molecule has 0 radical (unpaired) electrons. The Labute approximate surface area is 119 Å². The zero-order valence-electron chi connectivity index (χ0n) is 10.8. The Kier molecular flexibility index (Phi) is 4.04. The van der Waals surface area contributed by atoms with Gasteiger partial charge in [0.25, 0.3) is 0 Å². The highest BCUT2D eigenvalue weighted by molar-refractivity contribution is 6.30. The Morgan fingerprint density at radius 2 is 1.85 bits per heavy atom. The molecular formula is C15H11ClF2O2. The van der Waals surface area contributed by atoms with Crippen molar-refractivity contribution >= 4 is 17.4 Å². The largest absolute Gasteiger partial charge is 0.456 e. The molecule has 0 bridgehead atoms. The predicted octanol–water partition coefficient (Wildman–Crippen LogP) is 4.92. The second-order valence-electron chi connectivity index (χ2n) is 4.33. The summed E-state index contributed by atoms with van der Waals surface area (Å²) in [4.78, 5) is 11.5. The average Bonchev–Trinajstić information content (AvgIpc) is 2.37. The molecule has 0 atom stereocenters. The van der Waals surface area contributed by atoms with Gasteiger partial charge in [-0.05, 0) is 43.7 Å². The van der Waals surface area contributed by atoms with Crippen LogP contribution < -0.4 is 4.74 Å². The summed E-state index contributed by atoms with van der Waals surface area (Å²) in [7, 11) is 0. The second-order valence-corrected chi connectivity index (χ2v) is 4.74. The van der Waals surface area contributed by atoms with Crippen molar-refractivity contribution in [2.24, 2.45) is 0 Å². The van der Waals surface area contributed by atoms with E-state index in [2.05, 4.69) is 0 Å². The monoisotopic (exact) mass is 296 g/mol. The quantitative estimate of drug-likeness (QED) is 0.751. The molecule has 2 aromatic rings. The van der Waals surface area contributed by atoms with Crippen molar-refractivity contribution in [3.05, 3.63) is 58.1 Å². The molecule has 2 nitrogen and oxygen atoms in total. The number of carbonyl (C=O) groups is 1. The molecule has 0 saturated carbocycles. The zero-order valence-corrected chi connectivity index (χ0v) is 11.6. The summed E-state index contributed by atoms with van der Waals surface area (Å²) >= 11 is 5.58. The molecule has 2 rings (SSSR count). The summed E-state index contributed by atoms with van der Waals surface area (Å²) in [6.45, 7) is 2.86. The van der Waals surface area contributed by atoms with E-state index in [1.165, 1.54) is 25.1 Å². The van der Waals surface area contributed by atoms with Crippen LogP contribution in [0.3, 0.4) is 0 Å². The van der Waals surface area contributed by atoms with Crippen LogP contribution in [0.5, 0.6) is 11.5 Å². The molecule has 0 aliphatic heterocycles. The van der Waals surface area contributed by atoms with E-state index in [0.717, 1.165) is 12.1 Å². The van der Waals surface area contributed by atoms with Gasteiger partial charge in [-0.3, -0.25) is 4.79 Å². The minimum Gasteiger partial charge on any atom is -0.456 e. The number of ketones is 1. The third-order valence-electron chi connectivity index (χ3n) is 2.76. The predicted molar refractivity (Wildman–Crippen MR) is 72.6 cm³/mol. The first kappa shape index (κ1) is 14.5. The van der Waals surface area contributed by atoms with Gasteiger partial charge in [-0.2, -0.15) is 0 Å². The molecule has 104 valence electrons. The fraction of sp³-hybridized carbons (Fsp3) is 0.133. The Hall–Kier alpha value is -1.94. The van der Waals surface area contributed by atoms with Crippen LogP contribution >= 0.6 is 11.6 Å². The highest BCUT2D eigenvalue weighted by atomic mass is 35.5. The molecule has 0 aromatic heterocycles. The SMILES string of the molecule is CC(=O)c1cc(F)c(C)cc1Oc1ccc(Cl)c(F)c1. The number of benzene rings is 2. The maximum atomic E-state index is 13.5. The molecule has 0 N–H and O–H groups in total. The van der Waals surface area contributed by atoms with Gasteiger partial charge in [0.15, 0.2) is 5.78 Å². The number of carbonyl (C=O) groups excluding carboxylic acids is 1. The van der Waals surface area contributed by atoms with Crippen LogP contribution in [0.4, 0.5) is 8.78 Å². The lowest BCUT2D eigenvalue weighted by atomic mass is 10.1. The first-order chi connectivity index (χ1) is 9.38. The van der Waals surface area contributed by atoms with Crippen molar-refractivity contribution in [2.75, 3.05) is 0 Å². The summed E-state index contributed by atoms with van der Waals surface area (Å²) in [6, 6.07) is 6.42. The summed E-state index contributed by atoms with van der Waals surface area (Å²) < 4.78 is 32.3. The van der Waals surface area contributed by atoms with Crippen LogP contribution in [-0.4, -0.2) is 5.78 Å². The van der Waals surface area contributed by atoms with E-state index in [9.17, 15) is 13.6 Å². The van der Waals surface area contributed by atoms with Crippen molar-refractivity contribution < 1.29 is 18.3 Å². The van der Waals surface area contributed by atoms with Crippen LogP contribution in [0.1, 0.15) is 22.8 Å². The van der Waals surface area contributed by atoms with E-state index in [1.54, 1.807) is 6.92 Å². The summed E-state index contributed by atoms with van der Waals surface area (Å²) in [5.41, 5.74) is 0.433. The molecule has 0 heterocycles. The molecule has 0 unspecified atom stereocenters. The number of rotatable bonds is 3. The van der Waals surface area contributed by atoms with Crippen molar-refractivity contribution in [2.45, 2.75) is 13.8 Å². The third kappa shape index (κ3) is 2.96. The lowest BCUT2D eigenvalue weighted by molar-refractivity contribution is 0.101. The van der Waals surface area contributed by atoms with Gasteiger partial charge in [-0.15, -0.1) is 0 Å². The normalized spacial score (nSPS) is 10.4. The van der Waals surface area contributed by atoms with Crippen molar-refractivity contribution in [1.29, 1.82) is 0 Å². The Bertz CT molecular complexity index is 684. The molecule has 0 aliphatic carbocycles. The van der Waals surface area contributed by atoms with Crippen LogP contribution in [0, 0.1) is 18.6 Å². The van der Waals surface area contributed by atoms with Crippen molar-refractivity contribution in [3.63, 3.8) is 0 Å². The van der Waals surface area contributed by atoms with Crippen molar-refractivity contribution in [3.8, 4) is 11.5 Å². The van der Waals surface area contributed by atoms with Gasteiger partial charge in [-0.1, -0.05) is 11.6 Å². The maximum absolute atomic E-state index is 13.5. The number of ether oxygens (including phenoxy) is 1. The second kappa shape index (κ2) is 5.59. The molecule has 0 spiro atoms. The van der Waals surface area contributed by atoms with Gasteiger partial charge >= 0.3 is 0 Å². The van der Waals surface area contributed by atoms with Gasteiger partial charge < -0.3 is 4.74 Å². The first-order valence-electron chi connectivity index (χ1n) is 5.82. The summed E-state index contributed by atoms with van der Waals surface area (Å²) in [5.74, 6) is -1.11. The maximum Gasteiger partial charge on any atom is 0.163 e. The van der Waals surface area contributed by atoms with Crippen LogP contribution in [0.15, 0.2) is 30.3 Å². The summed E-state index contributed by atoms with van der Waals surface area (Å²) in [5, 5.41) is -0.0283. The Balaban J connectivity index is 2.44. The number of halogens is 3.